The van der Waals surface area contributed by atoms with Crippen LogP contribution in [0, 0.1) is 0 Å². The first kappa shape index (κ1) is 24.9. The average Bonchev–Trinajstić information content (AvgIpc) is 2.61. The molecule has 0 saturated carbocycles. The van der Waals surface area contributed by atoms with Gasteiger partial charge in [0.25, 0.3) is 0 Å². The van der Waals surface area contributed by atoms with E-state index in [0.29, 0.717) is 25.9 Å². The molecular formula is C21H40O5. The van der Waals surface area contributed by atoms with Crippen LogP contribution < -0.4 is 0 Å². The highest BCUT2D eigenvalue weighted by Gasteiger charge is 2.02. The van der Waals surface area contributed by atoms with Gasteiger partial charge in [-0.2, -0.15) is 0 Å². The summed E-state index contributed by atoms with van der Waals surface area (Å²) in [6.45, 7) is 0.405. The molecule has 0 amide bonds. The van der Waals surface area contributed by atoms with Crippen LogP contribution >= 0.6 is 0 Å². The van der Waals surface area contributed by atoms with Crippen LogP contribution in [0.2, 0.25) is 0 Å². The number of carbonyl (C=O) groups is 2. The Morgan fingerprint density at radius 3 is 1.35 bits per heavy atom. The largest absolute Gasteiger partial charge is 0.481 e. The standard InChI is InChI=1S/C21H40O5/c22-18-15-19-26-21(25)17-14-12-10-8-6-4-2-1-3-5-7-9-11-13-16-20(23)24/h22H,1-19H2,(H,23,24). The van der Waals surface area contributed by atoms with Crippen LogP contribution in [0.5, 0.6) is 0 Å². The minimum Gasteiger partial charge on any atom is -0.481 e. The molecule has 0 aliphatic rings. The Kier molecular flexibility index (Phi) is 19.4. The Morgan fingerprint density at radius 2 is 0.962 bits per heavy atom. The molecule has 0 aliphatic carbocycles. The maximum absolute atomic E-state index is 11.4. The fourth-order valence-corrected chi connectivity index (χ4v) is 2.99. The van der Waals surface area contributed by atoms with Gasteiger partial charge in [-0.3, -0.25) is 9.59 Å². The zero-order valence-electron chi connectivity index (χ0n) is 16.6. The number of aliphatic hydroxyl groups excluding tert-OH is 1. The molecule has 0 radical (unpaired) electrons. The molecule has 0 saturated heterocycles. The SMILES string of the molecule is O=C(O)CCCCCCCCCCCCCCCCC(=O)OCCCO. The Morgan fingerprint density at radius 1 is 0.577 bits per heavy atom. The normalized spacial score (nSPS) is 10.8. The molecular weight excluding hydrogens is 332 g/mol. The summed E-state index contributed by atoms with van der Waals surface area (Å²) in [6.07, 6.45) is 17.9. The van der Waals surface area contributed by atoms with Crippen molar-refractivity contribution in [2.75, 3.05) is 13.2 Å². The predicted octanol–water partition coefficient (Wildman–Crippen LogP) is 5.24. The molecule has 0 spiro atoms. The van der Waals surface area contributed by atoms with Gasteiger partial charge in [0.15, 0.2) is 0 Å². The van der Waals surface area contributed by atoms with Crippen molar-refractivity contribution in [1.82, 2.24) is 0 Å². The van der Waals surface area contributed by atoms with Gasteiger partial charge in [-0.1, -0.05) is 77.0 Å². The van der Waals surface area contributed by atoms with Gasteiger partial charge < -0.3 is 14.9 Å². The van der Waals surface area contributed by atoms with Crippen molar-refractivity contribution in [1.29, 1.82) is 0 Å². The number of hydrogen-bond donors (Lipinski definition) is 2. The number of aliphatic hydroxyl groups is 1. The fraction of sp³-hybridized carbons (Fsp3) is 0.905. The number of esters is 1. The maximum atomic E-state index is 11.4. The third-order valence-corrected chi connectivity index (χ3v) is 4.59. The minimum absolute atomic E-state index is 0.0713. The van der Waals surface area contributed by atoms with Gasteiger partial charge in [-0.15, -0.1) is 0 Å². The van der Waals surface area contributed by atoms with E-state index in [1.165, 1.54) is 64.2 Å². The monoisotopic (exact) mass is 372 g/mol. The van der Waals surface area contributed by atoms with E-state index in [1.807, 2.05) is 0 Å². The summed E-state index contributed by atoms with van der Waals surface area (Å²) in [7, 11) is 0. The summed E-state index contributed by atoms with van der Waals surface area (Å²) in [5.41, 5.74) is 0. The summed E-state index contributed by atoms with van der Waals surface area (Å²) in [4.78, 5) is 21.7. The zero-order valence-corrected chi connectivity index (χ0v) is 16.6. The Hall–Kier alpha value is -1.10. The molecule has 0 fully saturated rings. The molecule has 0 bridgehead atoms. The number of unbranched alkanes of at least 4 members (excludes halogenated alkanes) is 13. The number of carboxylic acids is 1. The minimum atomic E-state index is -0.679. The van der Waals surface area contributed by atoms with Crippen LogP contribution in [-0.4, -0.2) is 35.4 Å². The van der Waals surface area contributed by atoms with Gasteiger partial charge >= 0.3 is 11.9 Å². The van der Waals surface area contributed by atoms with E-state index in [2.05, 4.69) is 0 Å². The van der Waals surface area contributed by atoms with E-state index in [4.69, 9.17) is 14.9 Å². The summed E-state index contributed by atoms with van der Waals surface area (Å²) in [5.74, 6) is -0.818. The van der Waals surface area contributed by atoms with Crippen molar-refractivity contribution in [2.24, 2.45) is 0 Å². The molecule has 26 heavy (non-hydrogen) atoms. The highest BCUT2D eigenvalue weighted by molar-refractivity contribution is 5.69. The lowest BCUT2D eigenvalue weighted by Crippen LogP contribution is -2.06. The first-order chi connectivity index (χ1) is 12.7. The van der Waals surface area contributed by atoms with E-state index in [1.54, 1.807) is 0 Å². The molecule has 0 rings (SSSR count). The van der Waals surface area contributed by atoms with Gasteiger partial charge in [0.1, 0.15) is 0 Å². The number of hydrogen-bond acceptors (Lipinski definition) is 4. The summed E-state index contributed by atoms with van der Waals surface area (Å²) in [5, 5.41) is 17.2. The molecule has 5 heteroatoms. The molecule has 0 atom stereocenters. The van der Waals surface area contributed by atoms with Crippen molar-refractivity contribution >= 4 is 11.9 Å². The highest BCUT2D eigenvalue weighted by atomic mass is 16.5. The summed E-state index contributed by atoms with van der Waals surface area (Å²) < 4.78 is 4.99. The quantitative estimate of drug-likeness (QED) is 0.225. The van der Waals surface area contributed by atoms with Crippen LogP contribution in [-0.2, 0) is 14.3 Å². The Bertz CT molecular complexity index is 330. The zero-order chi connectivity index (χ0) is 19.3. The average molecular weight is 373 g/mol. The highest BCUT2D eigenvalue weighted by Crippen LogP contribution is 2.13. The first-order valence-corrected chi connectivity index (χ1v) is 10.6. The van der Waals surface area contributed by atoms with Gasteiger partial charge in [-0.05, 0) is 12.8 Å². The van der Waals surface area contributed by atoms with E-state index in [-0.39, 0.29) is 12.6 Å². The molecule has 0 aromatic heterocycles. The van der Waals surface area contributed by atoms with Crippen molar-refractivity contribution in [3.05, 3.63) is 0 Å². The fourth-order valence-electron chi connectivity index (χ4n) is 2.99. The van der Waals surface area contributed by atoms with E-state index >= 15 is 0 Å². The van der Waals surface area contributed by atoms with Gasteiger partial charge in [0.2, 0.25) is 0 Å². The lowest BCUT2D eigenvalue weighted by molar-refractivity contribution is -0.144. The number of carbonyl (C=O) groups excluding carboxylic acids is 1. The predicted molar refractivity (Wildman–Crippen MR) is 104 cm³/mol. The van der Waals surface area contributed by atoms with Crippen molar-refractivity contribution in [2.45, 2.75) is 109 Å². The molecule has 2 N–H and O–H groups in total. The molecule has 0 aromatic carbocycles. The second-order valence-corrected chi connectivity index (χ2v) is 7.14. The van der Waals surface area contributed by atoms with Crippen LogP contribution in [0.3, 0.4) is 0 Å². The van der Waals surface area contributed by atoms with Crippen molar-refractivity contribution < 1.29 is 24.5 Å². The number of rotatable bonds is 20. The van der Waals surface area contributed by atoms with Gasteiger partial charge in [0, 0.05) is 25.9 Å². The van der Waals surface area contributed by atoms with Crippen LogP contribution in [0.1, 0.15) is 109 Å². The van der Waals surface area contributed by atoms with Crippen molar-refractivity contribution in [3.8, 4) is 0 Å². The van der Waals surface area contributed by atoms with Crippen LogP contribution in [0.15, 0.2) is 0 Å². The lowest BCUT2D eigenvalue weighted by atomic mass is 10.0. The Balaban J connectivity index is 3.09. The van der Waals surface area contributed by atoms with E-state index < -0.39 is 5.97 Å². The summed E-state index contributed by atoms with van der Waals surface area (Å²) >= 11 is 0. The smallest absolute Gasteiger partial charge is 0.305 e. The summed E-state index contributed by atoms with van der Waals surface area (Å²) in [6, 6.07) is 0. The molecule has 154 valence electrons. The van der Waals surface area contributed by atoms with Crippen LogP contribution in [0.25, 0.3) is 0 Å². The van der Waals surface area contributed by atoms with E-state index in [9.17, 15) is 9.59 Å². The first-order valence-electron chi connectivity index (χ1n) is 10.6. The van der Waals surface area contributed by atoms with Gasteiger partial charge in [0.05, 0.1) is 6.61 Å². The second-order valence-electron chi connectivity index (χ2n) is 7.14. The number of carboxylic acid groups (broad SMARTS) is 1. The second kappa shape index (κ2) is 20.2. The third-order valence-electron chi connectivity index (χ3n) is 4.59. The van der Waals surface area contributed by atoms with Crippen molar-refractivity contribution in [3.63, 3.8) is 0 Å². The third kappa shape index (κ3) is 20.9. The topological polar surface area (TPSA) is 83.8 Å². The number of aliphatic carboxylic acids is 1. The van der Waals surface area contributed by atoms with Gasteiger partial charge in [-0.25, -0.2) is 0 Å². The molecule has 0 aromatic rings. The molecule has 0 unspecified atom stereocenters. The van der Waals surface area contributed by atoms with Crippen LogP contribution in [0.4, 0.5) is 0 Å². The molecule has 0 heterocycles. The lowest BCUT2D eigenvalue weighted by Gasteiger charge is -2.04. The Labute approximate surface area is 159 Å². The molecule has 5 nitrogen and oxygen atoms in total. The maximum Gasteiger partial charge on any atom is 0.305 e. The number of ether oxygens (including phenoxy) is 1. The molecule has 0 aliphatic heterocycles. The van der Waals surface area contributed by atoms with E-state index in [0.717, 1.165) is 25.7 Å².